The molecular weight excluding hydrogens is 172 g/mol. The first kappa shape index (κ1) is 9.80. The Hall–Kier alpha value is -1.29. The maximum atomic E-state index is 10.1. The van der Waals surface area contributed by atoms with E-state index >= 15 is 0 Å². The molecule has 1 N–H and O–H groups in total. The van der Waals surface area contributed by atoms with Crippen LogP contribution in [0, 0.1) is 0 Å². The molecule has 0 atom stereocenters. The molecule has 0 bridgehead atoms. The van der Waals surface area contributed by atoms with Crippen molar-refractivity contribution in [3.8, 4) is 0 Å². The van der Waals surface area contributed by atoms with E-state index in [-0.39, 0.29) is 6.42 Å². The van der Waals surface area contributed by atoms with E-state index in [0.29, 0.717) is 19.6 Å². The Morgan fingerprint density at radius 3 is 3.08 bits per heavy atom. The summed E-state index contributed by atoms with van der Waals surface area (Å²) >= 11 is 0. The van der Waals surface area contributed by atoms with Gasteiger partial charge in [-0.15, -0.1) is 0 Å². The van der Waals surface area contributed by atoms with Crippen LogP contribution in [0.25, 0.3) is 0 Å². The minimum atomic E-state index is -0.790. The van der Waals surface area contributed by atoms with Gasteiger partial charge >= 0.3 is 5.97 Å². The zero-order valence-corrected chi connectivity index (χ0v) is 7.23. The van der Waals surface area contributed by atoms with Crippen molar-refractivity contribution in [3.05, 3.63) is 24.2 Å². The van der Waals surface area contributed by atoms with Crippen molar-refractivity contribution in [1.82, 2.24) is 0 Å². The number of furan rings is 1. The largest absolute Gasteiger partial charge is 0.481 e. The topological polar surface area (TPSA) is 59.7 Å². The van der Waals surface area contributed by atoms with E-state index in [4.69, 9.17) is 14.3 Å². The number of rotatable bonds is 6. The van der Waals surface area contributed by atoms with Crippen LogP contribution in [0.3, 0.4) is 0 Å². The zero-order chi connectivity index (χ0) is 9.52. The summed E-state index contributed by atoms with van der Waals surface area (Å²) in [6.45, 7) is 0.861. The van der Waals surface area contributed by atoms with Gasteiger partial charge in [-0.3, -0.25) is 4.79 Å². The molecule has 0 radical (unpaired) electrons. The highest BCUT2D eigenvalue weighted by molar-refractivity contribution is 5.66. The lowest BCUT2D eigenvalue weighted by Crippen LogP contribution is -1.99. The Labute approximate surface area is 76.1 Å². The summed E-state index contributed by atoms with van der Waals surface area (Å²) in [5, 5.41) is 8.32. The number of hydrogen-bond acceptors (Lipinski definition) is 3. The lowest BCUT2D eigenvalue weighted by Gasteiger charge is -1.99. The number of carboxylic acid groups (broad SMARTS) is 1. The molecule has 0 saturated heterocycles. The first-order valence-electron chi connectivity index (χ1n) is 4.11. The van der Waals surface area contributed by atoms with Crippen molar-refractivity contribution in [2.45, 2.75) is 19.4 Å². The molecule has 0 spiro atoms. The lowest BCUT2D eigenvalue weighted by atomic mass is 10.3. The Morgan fingerprint density at radius 1 is 1.62 bits per heavy atom. The van der Waals surface area contributed by atoms with Crippen LogP contribution in [-0.2, 0) is 16.1 Å². The van der Waals surface area contributed by atoms with Crippen LogP contribution in [-0.4, -0.2) is 17.7 Å². The van der Waals surface area contributed by atoms with E-state index in [1.165, 1.54) is 0 Å². The van der Waals surface area contributed by atoms with Crippen LogP contribution >= 0.6 is 0 Å². The van der Waals surface area contributed by atoms with Gasteiger partial charge in [-0.1, -0.05) is 0 Å². The van der Waals surface area contributed by atoms with Gasteiger partial charge in [-0.25, -0.2) is 0 Å². The summed E-state index contributed by atoms with van der Waals surface area (Å²) in [6.07, 6.45) is 2.27. The molecule has 0 aliphatic carbocycles. The number of hydrogen-bond donors (Lipinski definition) is 1. The molecule has 0 aliphatic heterocycles. The summed E-state index contributed by atoms with van der Waals surface area (Å²) in [5.74, 6) is -0.0306. The van der Waals surface area contributed by atoms with E-state index in [9.17, 15) is 4.79 Å². The molecule has 4 nitrogen and oxygen atoms in total. The van der Waals surface area contributed by atoms with E-state index in [2.05, 4.69) is 0 Å². The molecular formula is C9H12O4. The van der Waals surface area contributed by atoms with E-state index < -0.39 is 5.97 Å². The Morgan fingerprint density at radius 2 is 2.46 bits per heavy atom. The van der Waals surface area contributed by atoms with Gasteiger partial charge in [0.2, 0.25) is 0 Å². The maximum Gasteiger partial charge on any atom is 0.303 e. The van der Waals surface area contributed by atoms with Crippen LogP contribution in [0.2, 0.25) is 0 Å². The normalized spacial score (nSPS) is 10.2. The SMILES string of the molecule is O=C(O)CCCOCc1ccco1. The predicted molar refractivity (Wildman–Crippen MR) is 45.2 cm³/mol. The van der Waals surface area contributed by atoms with Crippen molar-refractivity contribution in [2.24, 2.45) is 0 Å². The lowest BCUT2D eigenvalue weighted by molar-refractivity contribution is -0.137. The van der Waals surface area contributed by atoms with Gasteiger partial charge in [0.15, 0.2) is 0 Å². The molecule has 1 heterocycles. The van der Waals surface area contributed by atoms with Gasteiger partial charge in [0, 0.05) is 13.0 Å². The summed E-state index contributed by atoms with van der Waals surface area (Å²) < 4.78 is 10.2. The Bertz CT molecular complexity index is 240. The molecule has 1 rings (SSSR count). The summed E-state index contributed by atoms with van der Waals surface area (Å²) in [4.78, 5) is 10.1. The second kappa shape index (κ2) is 5.37. The standard InChI is InChI=1S/C9H12O4/c10-9(11)4-2-5-12-7-8-3-1-6-13-8/h1,3,6H,2,4-5,7H2,(H,10,11). The predicted octanol–water partition coefficient (Wildman–Crippen LogP) is 1.66. The molecule has 0 aliphatic rings. The summed E-state index contributed by atoms with van der Waals surface area (Å²) in [6, 6.07) is 3.60. The van der Waals surface area contributed by atoms with Gasteiger partial charge in [-0.05, 0) is 18.6 Å². The number of carboxylic acids is 1. The fourth-order valence-electron chi connectivity index (χ4n) is 0.893. The summed E-state index contributed by atoms with van der Waals surface area (Å²) in [5.41, 5.74) is 0. The molecule has 0 fully saturated rings. The van der Waals surface area contributed by atoms with Crippen molar-refractivity contribution in [2.75, 3.05) is 6.61 Å². The number of carbonyl (C=O) groups is 1. The van der Waals surface area contributed by atoms with Crippen LogP contribution in [0.15, 0.2) is 22.8 Å². The van der Waals surface area contributed by atoms with Crippen LogP contribution in [0.1, 0.15) is 18.6 Å². The van der Waals surface area contributed by atoms with Crippen molar-refractivity contribution >= 4 is 5.97 Å². The van der Waals surface area contributed by atoms with Gasteiger partial charge in [0.25, 0.3) is 0 Å². The molecule has 0 amide bonds. The van der Waals surface area contributed by atoms with Crippen molar-refractivity contribution < 1.29 is 19.1 Å². The highest BCUT2D eigenvalue weighted by Gasteiger charge is 1.98. The van der Waals surface area contributed by atoms with Gasteiger partial charge < -0.3 is 14.3 Å². The fourth-order valence-corrected chi connectivity index (χ4v) is 0.893. The molecule has 0 unspecified atom stereocenters. The van der Waals surface area contributed by atoms with Crippen LogP contribution < -0.4 is 0 Å². The second-order valence-electron chi connectivity index (χ2n) is 2.63. The monoisotopic (exact) mass is 184 g/mol. The molecule has 4 heteroatoms. The number of ether oxygens (including phenoxy) is 1. The van der Waals surface area contributed by atoms with Gasteiger partial charge in [0.05, 0.1) is 6.26 Å². The first-order chi connectivity index (χ1) is 6.29. The third-order valence-corrected chi connectivity index (χ3v) is 1.50. The molecule has 13 heavy (non-hydrogen) atoms. The van der Waals surface area contributed by atoms with E-state index in [1.54, 1.807) is 12.3 Å². The third-order valence-electron chi connectivity index (χ3n) is 1.50. The van der Waals surface area contributed by atoms with Crippen LogP contribution in [0.4, 0.5) is 0 Å². The maximum absolute atomic E-state index is 10.1. The zero-order valence-electron chi connectivity index (χ0n) is 7.23. The quantitative estimate of drug-likeness (QED) is 0.683. The van der Waals surface area contributed by atoms with Crippen molar-refractivity contribution in [3.63, 3.8) is 0 Å². The third kappa shape index (κ3) is 4.32. The minimum Gasteiger partial charge on any atom is -0.481 e. The van der Waals surface area contributed by atoms with Crippen LogP contribution in [0.5, 0.6) is 0 Å². The molecule has 72 valence electrons. The average molecular weight is 184 g/mol. The smallest absolute Gasteiger partial charge is 0.303 e. The Kier molecular flexibility index (Phi) is 4.05. The second-order valence-corrected chi connectivity index (χ2v) is 2.63. The van der Waals surface area contributed by atoms with E-state index in [0.717, 1.165) is 5.76 Å². The minimum absolute atomic E-state index is 0.151. The fraction of sp³-hybridized carbons (Fsp3) is 0.444. The molecule has 1 aromatic rings. The molecule has 1 aromatic heterocycles. The molecule has 0 saturated carbocycles. The van der Waals surface area contributed by atoms with Crippen molar-refractivity contribution in [1.29, 1.82) is 0 Å². The average Bonchev–Trinajstić information content (AvgIpc) is 2.55. The molecule has 0 aromatic carbocycles. The highest BCUT2D eigenvalue weighted by atomic mass is 16.5. The van der Waals surface area contributed by atoms with E-state index in [1.807, 2.05) is 6.07 Å². The van der Waals surface area contributed by atoms with Gasteiger partial charge in [-0.2, -0.15) is 0 Å². The Balaban J connectivity index is 1.99. The number of aliphatic carboxylic acids is 1. The highest BCUT2D eigenvalue weighted by Crippen LogP contribution is 2.02. The first-order valence-corrected chi connectivity index (χ1v) is 4.11. The van der Waals surface area contributed by atoms with Gasteiger partial charge in [0.1, 0.15) is 12.4 Å². The summed E-state index contributed by atoms with van der Waals surface area (Å²) in [7, 11) is 0.